The van der Waals surface area contributed by atoms with Crippen molar-refractivity contribution in [3.63, 3.8) is 0 Å². The second-order valence-electron chi connectivity index (χ2n) is 6.34. The van der Waals surface area contributed by atoms with Gasteiger partial charge in [0.25, 0.3) is 0 Å². The number of carbonyl (C=O) groups excluding carboxylic acids is 1. The van der Waals surface area contributed by atoms with Crippen LogP contribution in [0.5, 0.6) is 0 Å². The molecule has 21 heavy (non-hydrogen) atoms. The molecular formula is C14H26N4O3. The van der Waals surface area contributed by atoms with E-state index in [1.54, 1.807) is 27.7 Å². The summed E-state index contributed by atoms with van der Waals surface area (Å²) in [5.41, 5.74) is -2.15. The molecule has 0 spiro atoms. The zero-order valence-corrected chi connectivity index (χ0v) is 13.5. The quantitative estimate of drug-likeness (QED) is 0.469. The van der Waals surface area contributed by atoms with E-state index in [1.165, 1.54) is 0 Å². The molecule has 0 aromatic heterocycles. The van der Waals surface area contributed by atoms with Gasteiger partial charge in [0, 0.05) is 6.54 Å². The Bertz CT molecular complexity index is 444. The highest BCUT2D eigenvalue weighted by molar-refractivity contribution is 5.89. The number of nitrogens with zero attached hydrogens (tertiary/aromatic N) is 2. The van der Waals surface area contributed by atoms with Crippen molar-refractivity contribution < 1.29 is 14.7 Å². The van der Waals surface area contributed by atoms with E-state index in [-0.39, 0.29) is 5.91 Å². The SMILES string of the molecule is CC1=NCCN1CNCNC(=O)C(C)(C)C(C)(C)C(=O)O. The fraction of sp³-hybridized carbons (Fsp3) is 0.786. The number of amides is 1. The van der Waals surface area contributed by atoms with Gasteiger partial charge in [-0.3, -0.25) is 19.9 Å². The van der Waals surface area contributed by atoms with Crippen LogP contribution in [0, 0.1) is 10.8 Å². The molecule has 0 saturated heterocycles. The van der Waals surface area contributed by atoms with Crippen LogP contribution in [0.4, 0.5) is 0 Å². The van der Waals surface area contributed by atoms with Crippen molar-refractivity contribution in [2.24, 2.45) is 15.8 Å². The van der Waals surface area contributed by atoms with Gasteiger partial charge in [-0.1, -0.05) is 0 Å². The standard InChI is InChI=1S/C14H26N4O3/c1-10-16-6-7-18(10)9-15-8-17-11(19)13(2,3)14(4,5)12(20)21/h15H,6-9H2,1-5H3,(H,17,19)(H,20,21). The van der Waals surface area contributed by atoms with E-state index >= 15 is 0 Å². The predicted octanol–water partition coefficient (Wildman–Crippen LogP) is 0.478. The van der Waals surface area contributed by atoms with E-state index in [4.69, 9.17) is 0 Å². The number of carboxylic acid groups (broad SMARTS) is 1. The number of aliphatic imine (C=N–C) groups is 1. The third kappa shape index (κ3) is 3.72. The Hall–Kier alpha value is -1.63. The van der Waals surface area contributed by atoms with Crippen molar-refractivity contribution in [1.29, 1.82) is 0 Å². The summed E-state index contributed by atoms with van der Waals surface area (Å²) >= 11 is 0. The first-order valence-corrected chi connectivity index (χ1v) is 7.09. The summed E-state index contributed by atoms with van der Waals surface area (Å²) in [6.45, 7) is 11.0. The van der Waals surface area contributed by atoms with E-state index in [1.807, 2.05) is 6.92 Å². The Labute approximate surface area is 125 Å². The van der Waals surface area contributed by atoms with E-state index in [0.29, 0.717) is 13.3 Å². The molecule has 0 unspecified atom stereocenters. The van der Waals surface area contributed by atoms with Gasteiger partial charge in [-0.25, -0.2) is 0 Å². The molecular weight excluding hydrogens is 272 g/mol. The maximum absolute atomic E-state index is 12.2. The molecule has 7 heteroatoms. The number of rotatable bonds is 7. The Morgan fingerprint density at radius 3 is 2.38 bits per heavy atom. The zero-order chi connectivity index (χ0) is 16.3. The summed E-state index contributed by atoms with van der Waals surface area (Å²) in [5, 5.41) is 15.1. The van der Waals surface area contributed by atoms with Gasteiger partial charge < -0.3 is 15.3 Å². The van der Waals surface area contributed by atoms with Crippen LogP contribution in [0.15, 0.2) is 4.99 Å². The number of carboxylic acids is 1. The number of nitrogens with one attached hydrogen (secondary N) is 2. The minimum atomic E-state index is -1.14. The fourth-order valence-corrected chi connectivity index (χ4v) is 1.89. The zero-order valence-electron chi connectivity index (χ0n) is 13.5. The van der Waals surface area contributed by atoms with Crippen molar-refractivity contribution in [2.75, 3.05) is 26.4 Å². The number of amidine groups is 1. The second kappa shape index (κ2) is 6.43. The van der Waals surface area contributed by atoms with Crippen LogP contribution < -0.4 is 10.6 Å². The molecule has 0 aliphatic carbocycles. The Kier molecular flexibility index (Phi) is 5.33. The Balaban J connectivity index is 2.43. The largest absolute Gasteiger partial charge is 0.481 e. The van der Waals surface area contributed by atoms with Crippen LogP contribution in [0.3, 0.4) is 0 Å². The summed E-state index contributed by atoms with van der Waals surface area (Å²) in [4.78, 5) is 29.9. The van der Waals surface area contributed by atoms with Gasteiger partial charge in [-0.15, -0.1) is 0 Å². The number of hydrogen-bond donors (Lipinski definition) is 3. The molecule has 1 aliphatic rings. The fourth-order valence-electron chi connectivity index (χ4n) is 1.89. The van der Waals surface area contributed by atoms with Gasteiger partial charge in [-0.2, -0.15) is 0 Å². The average molecular weight is 298 g/mol. The lowest BCUT2D eigenvalue weighted by molar-refractivity contribution is -0.159. The van der Waals surface area contributed by atoms with Crippen LogP contribution in [0.25, 0.3) is 0 Å². The van der Waals surface area contributed by atoms with E-state index in [0.717, 1.165) is 18.9 Å². The average Bonchev–Trinajstić information content (AvgIpc) is 2.79. The van der Waals surface area contributed by atoms with Crippen LogP contribution in [-0.2, 0) is 9.59 Å². The lowest BCUT2D eigenvalue weighted by atomic mass is 9.67. The first-order valence-electron chi connectivity index (χ1n) is 7.09. The predicted molar refractivity (Wildman–Crippen MR) is 80.9 cm³/mol. The van der Waals surface area contributed by atoms with Gasteiger partial charge in [0.15, 0.2) is 0 Å². The molecule has 0 aromatic rings. The topological polar surface area (TPSA) is 94.0 Å². The summed E-state index contributed by atoms with van der Waals surface area (Å²) in [6.07, 6.45) is 0. The lowest BCUT2D eigenvalue weighted by Crippen LogP contribution is -2.52. The molecule has 0 fully saturated rings. The minimum Gasteiger partial charge on any atom is -0.481 e. The summed E-state index contributed by atoms with van der Waals surface area (Å²) < 4.78 is 0. The molecule has 0 saturated carbocycles. The van der Waals surface area contributed by atoms with Gasteiger partial charge in [0.05, 0.1) is 36.5 Å². The summed E-state index contributed by atoms with van der Waals surface area (Å²) in [6, 6.07) is 0. The van der Waals surface area contributed by atoms with E-state index in [9.17, 15) is 14.7 Å². The van der Waals surface area contributed by atoms with Crippen molar-refractivity contribution in [1.82, 2.24) is 15.5 Å². The lowest BCUT2D eigenvalue weighted by Gasteiger charge is -2.36. The maximum atomic E-state index is 12.2. The highest BCUT2D eigenvalue weighted by Crippen LogP contribution is 2.38. The molecule has 0 atom stereocenters. The summed E-state index contributed by atoms with van der Waals surface area (Å²) in [5.74, 6) is -0.283. The van der Waals surface area contributed by atoms with E-state index in [2.05, 4.69) is 20.5 Å². The van der Waals surface area contributed by atoms with Crippen LogP contribution in [-0.4, -0.2) is 54.1 Å². The van der Waals surface area contributed by atoms with Gasteiger partial charge in [0.1, 0.15) is 0 Å². The Morgan fingerprint density at radius 1 is 1.29 bits per heavy atom. The van der Waals surface area contributed by atoms with Crippen LogP contribution in [0.2, 0.25) is 0 Å². The molecule has 120 valence electrons. The van der Waals surface area contributed by atoms with Gasteiger partial charge in [0.2, 0.25) is 5.91 Å². The summed E-state index contributed by atoms with van der Waals surface area (Å²) in [7, 11) is 0. The molecule has 0 bridgehead atoms. The van der Waals surface area contributed by atoms with Crippen molar-refractivity contribution in [2.45, 2.75) is 34.6 Å². The monoisotopic (exact) mass is 298 g/mol. The molecule has 0 aromatic carbocycles. The molecule has 1 heterocycles. The van der Waals surface area contributed by atoms with Crippen molar-refractivity contribution in [3.05, 3.63) is 0 Å². The van der Waals surface area contributed by atoms with Crippen molar-refractivity contribution >= 4 is 17.7 Å². The molecule has 3 N–H and O–H groups in total. The maximum Gasteiger partial charge on any atom is 0.310 e. The van der Waals surface area contributed by atoms with Gasteiger partial charge in [-0.05, 0) is 34.6 Å². The molecule has 0 radical (unpaired) electrons. The molecule has 7 nitrogen and oxygen atoms in total. The number of hydrogen-bond acceptors (Lipinski definition) is 5. The van der Waals surface area contributed by atoms with Crippen LogP contribution >= 0.6 is 0 Å². The van der Waals surface area contributed by atoms with Crippen LogP contribution in [0.1, 0.15) is 34.6 Å². The first-order chi connectivity index (χ1) is 9.60. The third-order valence-electron chi connectivity index (χ3n) is 4.51. The van der Waals surface area contributed by atoms with Gasteiger partial charge >= 0.3 is 5.97 Å². The highest BCUT2D eigenvalue weighted by Gasteiger charge is 2.48. The number of carbonyl (C=O) groups is 2. The smallest absolute Gasteiger partial charge is 0.310 e. The first kappa shape index (κ1) is 17.4. The highest BCUT2D eigenvalue weighted by atomic mass is 16.4. The number of aliphatic carboxylic acids is 1. The van der Waals surface area contributed by atoms with E-state index < -0.39 is 16.8 Å². The molecule has 1 aliphatic heterocycles. The molecule has 1 amide bonds. The minimum absolute atomic E-state index is 0.283. The third-order valence-corrected chi connectivity index (χ3v) is 4.51. The molecule has 1 rings (SSSR count). The second-order valence-corrected chi connectivity index (χ2v) is 6.34. The van der Waals surface area contributed by atoms with Crippen molar-refractivity contribution in [3.8, 4) is 0 Å². The Morgan fingerprint density at radius 2 is 1.90 bits per heavy atom. The normalized spacial score (nSPS) is 15.9.